The number of rotatable bonds is 4. The van der Waals surface area contributed by atoms with Crippen LogP contribution in [0.2, 0.25) is 0 Å². The fraction of sp³-hybridized carbons (Fsp3) is 0.0556. The molecule has 0 spiro atoms. The van der Waals surface area contributed by atoms with Crippen molar-refractivity contribution in [1.29, 1.82) is 0 Å². The van der Waals surface area contributed by atoms with Crippen LogP contribution in [0.15, 0.2) is 59.3 Å². The van der Waals surface area contributed by atoms with E-state index in [-0.39, 0.29) is 5.56 Å². The van der Waals surface area contributed by atoms with Crippen molar-refractivity contribution in [3.63, 3.8) is 0 Å². The number of thiazole rings is 1. The molecule has 0 aliphatic carbocycles. The second kappa shape index (κ2) is 6.57. The number of nitrogens with zero attached hydrogens (tertiary/aromatic N) is 3. The van der Waals surface area contributed by atoms with E-state index in [9.17, 15) is 9.18 Å². The van der Waals surface area contributed by atoms with Gasteiger partial charge in [0.15, 0.2) is 10.9 Å². The molecule has 0 unspecified atom stereocenters. The Morgan fingerprint density at radius 1 is 1.27 bits per heavy atom. The van der Waals surface area contributed by atoms with Crippen LogP contribution < -0.4 is 5.32 Å². The van der Waals surface area contributed by atoms with Crippen molar-refractivity contribution in [1.82, 2.24) is 14.8 Å². The highest BCUT2D eigenvalue weighted by molar-refractivity contribution is 7.19. The molecular formula is C18H13FN4O2S. The van der Waals surface area contributed by atoms with Gasteiger partial charge in [0.25, 0.3) is 5.91 Å². The van der Waals surface area contributed by atoms with Crippen LogP contribution in [-0.2, 0) is 7.05 Å². The summed E-state index contributed by atoms with van der Waals surface area (Å²) in [6, 6.07) is 11.3. The predicted octanol–water partition coefficient (Wildman–Crippen LogP) is 4.20. The molecule has 6 nitrogen and oxygen atoms in total. The summed E-state index contributed by atoms with van der Waals surface area (Å²) in [6.07, 6.45) is 3.23. The number of aromatic nitrogens is 3. The predicted molar refractivity (Wildman–Crippen MR) is 96.4 cm³/mol. The smallest absolute Gasteiger partial charge is 0.260 e. The van der Waals surface area contributed by atoms with E-state index in [1.54, 1.807) is 29.3 Å². The molecule has 130 valence electrons. The van der Waals surface area contributed by atoms with Gasteiger partial charge in [-0.2, -0.15) is 5.10 Å². The second-order valence-electron chi connectivity index (χ2n) is 5.48. The van der Waals surface area contributed by atoms with E-state index in [4.69, 9.17) is 4.42 Å². The second-order valence-corrected chi connectivity index (χ2v) is 6.51. The van der Waals surface area contributed by atoms with Gasteiger partial charge in [-0.25, -0.2) is 9.37 Å². The SMILES string of the molecule is Cn1nc(-c2ccco2)cc1-c1cnc(NC(=O)c2ccccc2F)s1. The average Bonchev–Trinajstić information content (AvgIpc) is 3.35. The number of halogens is 1. The summed E-state index contributed by atoms with van der Waals surface area (Å²) in [4.78, 5) is 17.2. The first kappa shape index (κ1) is 16.2. The molecule has 0 atom stereocenters. The number of benzene rings is 1. The van der Waals surface area contributed by atoms with Crippen LogP contribution in [-0.4, -0.2) is 20.7 Å². The Morgan fingerprint density at radius 3 is 2.88 bits per heavy atom. The molecular weight excluding hydrogens is 355 g/mol. The molecule has 0 bridgehead atoms. The summed E-state index contributed by atoms with van der Waals surface area (Å²) in [5.74, 6) is -0.439. The minimum Gasteiger partial charge on any atom is -0.463 e. The van der Waals surface area contributed by atoms with E-state index in [2.05, 4.69) is 15.4 Å². The molecule has 4 rings (SSSR count). The number of hydrogen-bond acceptors (Lipinski definition) is 5. The van der Waals surface area contributed by atoms with E-state index >= 15 is 0 Å². The minimum atomic E-state index is -0.573. The zero-order chi connectivity index (χ0) is 18.1. The minimum absolute atomic E-state index is 0.0233. The topological polar surface area (TPSA) is 73.0 Å². The summed E-state index contributed by atoms with van der Waals surface area (Å²) in [5, 5.41) is 7.43. The van der Waals surface area contributed by atoms with Gasteiger partial charge < -0.3 is 4.42 Å². The molecule has 0 fully saturated rings. The molecule has 3 aromatic heterocycles. The standard InChI is InChI=1S/C18H13FN4O2S/c1-23-14(9-13(22-23)15-7-4-8-25-15)16-10-20-18(26-16)21-17(24)11-5-2-3-6-12(11)19/h2-10H,1H3,(H,20,21,24). The fourth-order valence-electron chi connectivity index (χ4n) is 2.50. The van der Waals surface area contributed by atoms with Crippen molar-refractivity contribution >= 4 is 22.4 Å². The van der Waals surface area contributed by atoms with Crippen LogP contribution >= 0.6 is 11.3 Å². The Morgan fingerprint density at radius 2 is 2.12 bits per heavy atom. The lowest BCUT2D eigenvalue weighted by molar-refractivity contribution is 0.102. The van der Waals surface area contributed by atoms with Crippen LogP contribution in [0, 0.1) is 5.82 Å². The highest BCUT2D eigenvalue weighted by Crippen LogP contribution is 2.31. The summed E-state index contributed by atoms with van der Waals surface area (Å²) < 4.78 is 20.8. The van der Waals surface area contributed by atoms with Gasteiger partial charge in [0.1, 0.15) is 11.5 Å². The Hall–Kier alpha value is -3.26. The van der Waals surface area contributed by atoms with Gasteiger partial charge in [-0.05, 0) is 30.3 Å². The van der Waals surface area contributed by atoms with Gasteiger partial charge in [-0.1, -0.05) is 23.5 Å². The molecule has 3 heterocycles. The lowest BCUT2D eigenvalue weighted by Crippen LogP contribution is -2.13. The first-order valence-electron chi connectivity index (χ1n) is 7.72. The highest BCUT2D eigenvalue weighted by Gasteiger charge is 2.16. The van der Waals surface area contributed by atoms with Crippen molar-refractivity contribution in [2.75, 3.05) is 5.32 Å². The molecule has 1 amide bonds. The zero-order valence-corrected chi connectivity index (χ0v) is 14.5. The molecule has 0 radical (unpaired) electrons. The number of nitrogens with one attached hydrogen (secondary N) is 1. The Kier molecular flexibility index (Phi) is 4.10. The summed E-state index contributed by atoms with van der Waals surface area (Å²) in [7, 11) is 1.82. The van der Waals surface area contributed by atoms with Crippen molar-refractivity contribution in [2.45, 2.75) is 0 Å². The molecule has 4 aromatic rings. The van der Waals surface area contributed by atoms with Crippen molar-refractivity contribution in [3.05, 3.63) is 66.3 Å². The monoisotopic (exact) mass is 368 g/mol. The Labute approximate surface area is 151 Å². The van der Waals surface area contributed by atoms with E-state index < -0.39 is 11.7 Å². The lowest BCUT2D eigenvalue weighted by atomic mass is 10.2. The first-order valence-corrected chi connectivity index (χ1v) is 8.53. The summed E-state index contributed by atoms with van der Waals surface area (Å²) in [5.41, 5.74) is 1.52. The quantitative estimate of drug-likeness (QED) is 0.586. The van der Waals surface area contributed by atoms with Crippen molar-refractivity contribution in [3.8, 4) is 22.0 Å². The van der Waals surface area contributed by atoms with Crippen molar-refractivity contribution < 1.29 is 13.6 Å². The molecule has 0 aliphatic heterocycles. The van der Waals surface area contributed by atoms with Gasteiger partial charge >= 0.3 is 0 Å². The summed E-state index contributed by atoms with van der Waals surface area (Å²) in [6.45, 7) is 0. The fourth-order valence-corrected chi connectivity index (χ4v) is 3.36. The molecule has 0 saturated carbocycles. The van der Waals surface area contributed by atoms with E-state index in [1.165, 1.54) is 29.5 Å². The number of amides is 1. The molecule has 1 N–H and O–H groups in total. The van der Waals surface area contributed by atoms with Gasteiger partial charge in [-0.3, -0.25) is 14.8 Å². The molecule has 8 heteroatoms. The van der Waals surface area contributed by atoms with Crippen LogP contribution in [0.25, 0.3) is 22.0 Å². The molecule has 0 saturated heterocycles. The Balaban J connectivity index is 1.57. The maximum Gasteiger partial charge on any atom is 0.260 e. The average molecular weight is 368 g/mol. The number of carbonyl (C=O) groups excluding carboxylic acids is 1. The van der Waals surface area contributed by atoms with E-state index in [0.29, 0.717) is 16.6 Å². The lowest BCUT2D eigenvalue weighted by Gasteiger charge is -2.02. The van der Waals surface area contributed by atoms with Gasteiger partial charge in [0.05, 0.1) is 22.4 Å². The normalized spacial score (nSPS) is 10.8. The van der Waals surface area contributed by atoms with Gasteiger partial charge in [-0.15, -0.1) is 0 Å². The number of carbonyl (C=O) groups is 1. The highest BCUT2D eigenvalue weighted by atomic mass is 32.1. The third-order valence-electron chi connectivity index (χ3n) is 3.75. The first-order chi connectivity index (χ1) is 12.6. The third kappa shape index (κ3) is 3.02. The summed E-state index contributed by atoms with van der Waals surface area (Å²) >= 11 is 1.28. The van der Waals surface area contributed by atoms with Crippen molar-refractivity contribution in [2.24, 2.45) is 7.05 Å². The molecule has 1 aromatic carbocycles. The molecule has 26 heavy (non-hydrogen) atoms. The van der Waals surface area contributed by atoms with Crippen LogP contribution in [0.3, 0.4) is 0 Å². The number of hydrogen-bond donors (Lipinski definition) is 1. The van der Waals surface area contributed by atoms with E-state index in [0.717, 1.165) is 10.6 Å². The maximum absolute atomic E-state index is 13.7. The largest absolute Gasteiger partial charge is 0.463 e. The van der Waals surface area contributed by atoms with Gasteiger partial charge in [0.2, 0.25) is 0 Å². The van der Waals surface area contributed by atoms with Crippen LogP contribution in [0.5, 0.6) is 0 Å². The Bertz CT molecular complexity index is 1070. The zero-order valence-electron chi connectivity index (χ0n) is 13.6. The third-order valence-corrected chi connectivity index (χ3v) is 4.69. The van der Waals surface area contributed by atoms with E-state index in [1.807, 2.05) is 19.2 Å². The number of anilines is 1. The van der Waals surface area contributed by atoms with Gasteiger partial charge in [0, 0.05) is 13.2 Å². The molecule has 0 aliphatic rings. The number of furan rings is 1. The van der Waals surface area contributed by atoms with Crippen LogP contribution in [0.4, 0.5) is 9.52 Å². The number of aryl methyl sites for hydroxylation is 1. The maximum atomic E-state index is 13.7. The van der Waals surface area contributed by atoms with Crippen LogP contribution in [0.1, 0.15) is 10.4 Å².